The fourth-order valence-corrected chi connectivity index (χ4v) is 3.59. The summed E-state index contributed by atoms with van der Waals surface area (Å²) in [5.41, 5.74) is 2.65. The van der Waals surface area contributed by atoms with Crippen molar-refractivity contribution in [3.63, 3.8) is 0 Å². The molecule has 0 bridgehead atoms. The number of aromatic amines is 1. The Morgan fingerprint density at radius 3 is 2.72 bits per heavy atom. The number of nitrogens with zero attached hydrogens (tertiary/aromatic N) is 3. The maximum atomic E-state index is 12.4. The molecule has 0 spiro atoms. The van der Waals surface area contributed by atoms with Crippen LogP contribution in [0.3, 0.4) is 0 Å². The normalized spacial score (nSPS) is 11.0. The minimum Gasteiger partial charge on any atom is -0.325 e. The number of anilines is 1. The number of nitrogens with one attached hydrogen (secondary N) is 2. The van der Waals surface area contributed by atoms with Gasteiger partial charge in [-0.2, -0.15) is 5.10 Å². The van der Waals surface area contributed by atoms with Crippen molar-refractivity contribution in [2.75, 3.05) is 11.1 Å². The lowest BCUT2D eigenvalue weighted by molar-refractivity contribution is -0.113. The number of fused-ring (bicyclic) bond motifs is 1. The largest absolute Gasteiger partial charge is 0.325 e. The fraction of sp³-hybridized carbons (Fsp3) is 0.100. The van der Waals surface area contributed by atoms with Gasteiger partial charge in [0.15, 0.2) is 10.8 Å². The van der Waals surface area contributed by atoms with Crippen molar-refractivity contribution >= 4 is 46.0 Å². The van der Waals surface area contributed by atoms with Crippen molar-refractivity contribution in [1.82, 2.24) is 19.7 Å². The highest BCUT2D eigenvalue weighted by Crippen LogP contribution is 2.20. The predicted octanol–water partition coefficient (Wildman–Crippen LogP) is 3.80. The Morgan fingerprint density at radius 1 is 1.21 bits per heavy atom. The lowest BCUT2D eigenvalue weighted by Crippen LogP contribution is -2.15. The molecule has 9 heteroatoms. The maximum absolute atomic E-state index is 12.4. The zero-order valence-corrected chi connectivity index (χ0v) is 16.9. The van der Waals surface area contributed by atoms with Crippen LogP contribution in [0.2, 0.25) is 5.02 Å². The second kappa shape index (κ2) is 8.10. The summed E-state index contributed by atoms with van der Waals surface area (Å²) in [6, 6.07) is 14.6. The van der Waals surface area contributed by atoms with Crippen LogP contribution in [0.5, 0.6) is 0 Å². The van der Waals surface area contributed by atoms with Gasteiger partial charge in [-0.1, -0.05) is 41.6 Å². The van der Waals surface area contributed by atoms with Crippen LogP contribution in [-0.2, 0) is 4.79 Å². The smallest absolute Gasteiger partial charge is 0.262 e. The highest BCUT2D eigenvalue weighted by molar-refractivity contribution is 7.99. The van der Waals surface area contributed by atoms with Crippen molar-refractivity contribution in [3.8, 4) is 5.69 Å². The summed E-state index contributed by atoms with van der Waals surface area (Å²) in [6.07, 6.45) is 1.50. The van der Waals surface area contributed by atoms with E-state index in [0.717, 1.165) is 23.0 Å². The molecule has 4 rings (SSSR count). The number of amides is 1. The molecular formula is C20H16ClN5O2S. The summed E-state index contributed by atoms with van der Waals surface area (Å²) < 4.78 is 1.64. The molecule has 0 aliphatic carbocycles. The van der Waals surface area contributed by atoms with Crippen LogP contribution in [0.25, 0.3) is 16.7 Å². The van der Waals surface area contributed by atoms with Gasteiger partial charge in [-0.3, -0.25) is 9.59 Å². The molecule has 0 saturated carbocycles. The number of halogens is 1. The number of aromatic nitrogens is 4. The zero-order valence-electron chi connectivity index (χ0n) is 15.3. The van der Waals surface area contributed by atoms with Gasteiger partial charge >= 0.3 is 0 Å². The number of carbonyl (C=O) groups is 1. The van der Waals surface area contributed by atoms with Gasteiger partial charge in [0.25, 0.3) is 5.56 Å². The van der Waals surface area contributed by atoms with Crippen LogP contribution in [0.15, 0.2) is 64.7 Å². The van der Waals surface area contributed by atoms with Crippen molar-refractivity contribution in [2.24, 2.45) is 0 Å². The first kappa shape index (κ1) is 19.2. The highest BCUT2D eigenvalue weighted by Gasteiger charge is 2.14. The number of carbonyl (C=O) groups excluding carboxylic acids is 1. The van der Waals surface area contributed by atoms with Crippen LogP contribution in [0, 0.1) is 6.92 Å². The molecule has 1 amide bonds. The molecular weight excluding hydrogens is 410 g/mol. The molecule has 7 nitrogen and oxygen atoms in total. The second-order valence-electron chi connectivity index (χ2n) is 6.29. The molecule has 2 aromatic carbocycles. The van der Waals surface area contributed by atoms with Gasteiger partial charge in [-0.15, -0.1) is 0 Å². The molecule has 4 aromatic rings. The summed E-state index contributed by atoms with van der Waals surface area (Å²) in [5.74, 6) is -0.122. The van der Waals surface area contributed by atoms with Gasteiger partial charge in [-0.05, 0) is 42.8 Å². The third-order valence-corrected chi connectivity index (χ3v) is 5.35. The topological polar surface area (TPSA) is 92.7 Å². The zero-order chi connectivity index (χ0) is 20.4. The molecule has 0 unspecified atom stereocenters. The summed E-state index contributed by atoms with van der Waals surface area (Å²) in [6.45, 7) is 1.97. The highest BCUT2D eigenvalue weighted by atomic mass is 35.5. The number of para-hydroxylation sites is 1. The molecule has 0 saturated heterocycles. The van der Waals surface area contributed by atoms with Crippen molar-refractivity contribution in [2.45, 2.75) is 12.1 Å². The molecule has 0 atom stereocenters. The number of H-pyrrole nitrogens is 1. The van der Waals surface area contributed by atoms with Gasteiger partial charge in [-0.25, -0.2) is 9.67 Å². The Balaban J connectivity index is 1.56. The molecule has 2 aromatic heterocycles. The molecule has 29 heavy (non-hydrogen) atoms. The van der Waals surface area contributed by atoms with Gasteiger partial charge in [0, 0.05) is 10.7 Å². The minimum atomic E-state index is -0.296. The molecule has 0 radical (unpaired) electrons. The van der Waals surface area contributed by atoms with Gasteiger partial charge in [0.2, 0.25) is 5.91 Å². The van der Waals surface area contributed by atoms with Crippen molar-refractivity contribution < 1.29 is 4.79 Å². The van der Waals surface area contributed by atoms with E-state index in [0.29, 0.717) is 26.9 Å². The Hall–Kier alpha value is -3.10. The molecule has 2 N–H and O–H groups in total. The Morgan fingerprint density at radius 2 is 1.97 bits per heavy atom. The van der Waals surface area contributed by atoms with E-state index in [1.54, 1.807) is 28.9 Å². The minimum absolute atomic E-state index is 0.0928. The molecule has 0 fully saturated rings. The summed E-state index contributed by atoms with van der Waals surface area (Å²) in [4.78, 5) is 31.8. The first-order chi connectivity index (χ1) is 14.0. The van der Waals surface area contributed by atoms with Crippen LogP contribution in [0.1, 0.15) is 5.56 Å². The van der Waals surface area contributed by atoms with Crippen molar-refractivity contribution in [3.05, 3.63) is 75.7 Å². The first-order valence-electron chi connectivity index (χ1n) is 8.73. The van der Waals surface area contributed by atoms with E-state index in [1.807, 2.05) is 31.2 Å². The molecule has 2 heterocycles. The summed E-state index contributed by atoms with van der Waals surface area (Å²) in [5, 5.41) is 8.43. The lowest BCUT2D eigenvalue weighted by atomic mass is 10.2. The lowest BCUT2D eigenvalue weighted by Gasteiger charge is -2.07. The van der Waals surface area contributed by atoms with Gasteiger partial charge in [0.05, 0.1) is 17.6 Å². The predicted molar refractivity (Wildman–Crippen MR) is 115 cm³/mol. The molecule has 146 valence electrons. The Kier molecular flexibility index (Phi) is 5.37. The van der Waals surface area contributed by atoms with Gasteiger partial charge in [0.1, 0.15) is 5.39 Å². The molecule has 0 aliphatic heterocycles. The van der Waals surface area contributed by atoms with Crippen LogP contribution in [-0.4, -0.2) is 31.4 Å². The van der Waals surface area contributed by atoms with E-state index < -0.39 is 0 Å². The van der Waals surface area contributed by atoms with Crippen molar-refractivity contribution in [1.29, 1.82) is 0 Å². The monoisotopic (exact) mass is 425 g/mol. The second-order valence-corrected chi connectivity index (χ2v) is 7.70. The van der Waals surface area contributed by atoms with E-state index in [-0.39, 0.29) is 17.2 Å². The number of rotatable bonds is 5. The SMILES string of the molecule is Cc1ccccc1-n1ncc2c(=O)[nH]c(SCC(=O)Nc3ccc(Cl)cc3)nc21. The Bertz CT molecular complexity index is 1250. The van der Waals surface area contributed by atoms with Gasteiger partial charge < -0.3 is 10.3 Å². The number of aryl methyl sites for hydroxylation is 1. The third-order valence-electron chi connectivity index (χ3n) is 4.23. The number of benzene rings is 2. The third kappa shape index (κ3) is 4.18. The quantitative estimate of drug-likeness (QED) is 0.374. The average Bonchev–Trinajstić information content (AvgIpc) is 3.13. The number of thioether (sulfide) groups is 1. The fourth-order valence-electron chi connectivity index (χ4n) is 2.81. The van der Waals surface area contributed by atoms with E-state index in [1.165, 1.54) is 6.20 Å². The summed E-state index contributed by atoms with van der Waals surface area (Å²) >= 11 is 6.99. The van der Waals surface area contributed by atoms with E-state index in [4.69, 9.17) is 11.6 Å². The van der Waals surface area contributed by atoms with E-state index >= 15 is 0 Å². The average molecular weight is 426 g/mol. The standard InChI is InChI=1S/C20H16ClN5O2S/c1-12-4-2-3-5-16(12)26-18-15(10-22-26)19(28)25-20(24-18)29-11-17(27)23-14-8-6-13(21)7-9-14/h2-10H,11H2,1H3,(H,23,27)(H,24,25,28). The maximum Gasteiger partial charge on any atom is 0.262 e. The van der Waals surface area contributed by atoms with Crippen LogP contribution in [0.4, 0.5) is 5.69 Å². The first-order valence-corrected chi connectivity index (χ1v) is 10.1. The Labute approximate surface area is 175 Å². The number of hydrogen-bond acceptors (Lipinski definition) is 5. The van der Waals surface area contributed by atoms with E-state index in [2.05, 4.69) is 20.4 Å². The van der Waals surface area contributed by atoms with Crippen LogP contribution >= 0.6 is 23.4 Å². The molecule has 0 aliphatic rings. The van der Waals surface area contributed by atoms with Crippen LogP contribution < -0.4 is 10.9 Å². The summed E-state index contributed by atoms with van der Waals surface area (Å²) in [7, 11) is 0. The number of hydrogen-bond donors (Lipinski definition) is 2. The van der Waals surface area contributed by atoms with E-state index in [9.17, 15) is 9.59 Å².